The third kappa shape index (κ3) is 2.64. The fourth-order valence-electron chi connectivity index (χ4n) is 1.19. The van der Waals surface area contributed by atoms with E-state index in [-0.39, 0.29) is 0 Å². The van der Waals surface area contributed by atoms with E-state index in [0.29, 0.717) is 6.61 Å². The Balaban J connectivity index is 1.91. The van der Waals surface area contributed by atoms with E-state index < -0.39 is 0 Å². The molecule has 1 fully saturated rings. The van der Waals surface area contributed by atoms with Crippen LogP contribution in [0.25, 0.3) is 0 Å². The number of nitrogens with one attached hydrogen (secondary N) is 1. The maximum absolute atomic E-state index is 8.50. The Kier molecular flexibility index (Phi) is 3.72. The van der Waals surface area contributed by atoms with Gasteiger partial charge >= 0.3 is 0 Å². The zero-order valence-corrected chi connectivity index (χ0v) is 6.34. The average molecular weight is 144 g/mol. The fourth-order valence-corrected chi connectivity index (χ4v) is 1.19. The first kappa shape index (κ1) is 7.98. The van der Waals surface area contributed by atoms with Gasteiger partial charge in [-0.05, 0) is 19.3 Å². The average Bonchev–Trinajstić information content (AvgIpc) is 2.41. The van der Waals surface area contributed by atoms with Gasteiger partial charge in [-0.3, -0.25) is 5.43 Å². The van der Waals surface area contributed by atoms with Crippen LogP contribution in [0, 0.1) is 0 Å². The summed E-state index contributed by atoms with van der Waals surface area (Å²) in [7, 11) is 0. The predicted molar refractivity (Wildman–Crippen MR) is 40.5 cm³/mol. The van der Waals surface area contributed by atoms with Gasteiger partial charge in [0, 0.05) is 26.2 Å². The molecule has 0 bridgehead atoms. The summed E-state index contributed by atoms with van der Waals surface area (Å²) in [6.45, 7) is 3.71. The highest BCUT2D eigenvalue weighted by atomic mass is 16.2. The van der Waals surface area contributed by atoms with E-state index in [2.05, 4.69) is 10.4 Å². The Morgan fingerprint density at radius 2 is 2.30 bits per heavy atom. The van der Waals surface area contributed by atoms with Crippen LogP contribution in [0.5, 0.6) is 0 Å². The van der Waals surface area contributed by atoms with Gasteiger partial charge in [-0.2, -0.15) is 0 Å². The van der Waals surface area contributed by atoms with E-state index in [1.807, 2.05) is 0 Å². The topological polar surface area (TPSA) is 35.5 Å². The monoisotopic (exact) mass is 144 g/mol. The highest BCUT2D eigenvalue weighted by Gasteiger charge is 2.08. The molecule has 0 aromatic heterocycles. The zero-order valence-electron chi connectivity index (χ0n) is 6.34. The molecule has 0 unspecified atom stereocenters. The first-order valence-electron chi connectivity index (χ1n) is 4.03. The minimum atomic E-state index is 0.327. The lowest BCUT2D eigenvalue weighted by Crippen LogP contribution is -2.31. The smallest absolute Gasteiger partial charge is 0.0431 e. The molecule has 0 spiro atoms. The Bertz CT molecular complexity index is 81.7. The Labute approximate surface area is 62.0 Å². The summed E-state index contributed by atoms with van der Waals surface area (Å²) < 4.78 is 0. The summed E-state index contributed by atoms with van der Waals surface area (Å²) in [6.07, 6.45) is 3.29. The van der Waals surface area contributed by atoms with Crippen LogP contribution in [-0.4, -0.2) is 36.4 Å². The summed E-state index contributed by atoms with van der Waals surface area (Å²) in [6, 6.07) is 0. The standard InChI is InChI=1S/C7H16N2O/c10-7-2-1-5-9-6-3-4-8-9/h8,10H,1-7H2. The minimum absolute atomic E-state index is 0.327. The molecule has 2 N–H and O–H groups in total. The lowest BCUT2D eigenvalue weighted by atomic mass is 10.3. The molecule has 1 saturated heterocycles. The second kappa shape index (κ2) is 4.66. The number of hydrazine groups is 1. The van der Waals surface area contributed by atoms with E-state index in [1.54, 1.807) is 0 Å². The normalized spacial score (nSPS) is 20.1. The first-order chi connectivity index (χ1) is 4.93. The summed E-state index contributed by atoms with van der Waals surface area (Å²) in [5.41, 5.74) is 3.27. The van der Waals surface area contributed by atoms with Crippen molar-refractivity contribution in [2.45, 2.75) is 19.3 Å². The molecule has 1 aliphatic rings. The number of unbranched alkanes of at least 4 members (excludes halogenated alkanes) is 1. The highest BCUT2D eigenvalue weighted by molar-refractivity contribution is 4.60. The van der Waals surface area contributed by atoms with Crippen LogP contribution in [0.2, 0.25) is 0 Å². The Morgan fingerprint density at radius 1 is 1.40 bits per heavy atom. The van der Waals surface area contributed by atoms with E-state index >= 15 is 0 Å². The largest absolute Gasteiger partial charge is 0.396 e. The molecule has 3 heteroatoms. The van der Waals surface area contributed by atoms with Gasteiger partial charge in [0.2, 0.25) is 0 Å². The Hall–Kier alpha value is -0.120. The molecule has 1 rings (SSSR count). The van der Waals surface area contributed by atoms with Crippen molar-refractivity contribution in [2.24, 2.45) is 0 Å². The maximum atomic E-state index is 8.50. The van der Waals surface area contributed by atoms with E-state index in [4.69, 9.17) is 5.11 Å². The van der Waals surface area contributed by atoms with E-state index in [9.17, 15) is 0 Å². The molecular formula is C7H16N2O. The molecule has 10 heavy (non-hydrogen) atoms. The lowest BCUT2D eigenvalue weighted by Gasteiger charge is -2.13. The van der Waals surface area contributed by atoms with Gasteiger partial charge in [-0.25, -0.2) is 5.01 Å². The van der Waals surface area contributed by atoms with Crippen LogP contribution in [0.4, 0.5) is 0 Å². The van der Waals surface area contributed by atoms with Crippen molar-refractivity contribution < 1.29 is 5.11 Å². The van der Waals surface area contributed by atoms with Crippen molar-refractivity contribution in [3.05, 3.63) is 0 Å². The predicted octanol–water partition coefficient (Wildman–Crippen LogP) is -0.0308. The van der Waals surface area contributed by atoms with Crippen molar-refractivity contribution in [1.29, 1.82) is 0 Å². The summed E-state index contributed by atoms with van der Waals surface area (Å²) in [5, 5.41) is 10.7. The maximum Gasteiger partial charge on any atom is 0.0431 e. The third-order valence-electron chi connectivity index (χ3n) is 1.78. The number of hydrogen-bond acceptors (Lipinski definition) is 3. The first-order valence-corrected chi connectivity index (χ1v) is 4.03. The van der Waals surface area contributed by atoms with Crippen molar-refractivity contribution in [1.82, 2.24) is 10.4 Å². The van der Waals surface area contributed by atoms with Crippen molar-refractivity contribution >= 4 is 0 Å². The molecule has 0 amide bonds. The van der Waals surface area contributed by atoms with E-state index in [0.717, 1.165) is 25.9 Å². The molecule has 0 saturated carbocycles. The summed E-state index contributed by atoms with van der Waals surface area (Å²) in [5.74, 6) is 0. The number of hydrogen-bond donors (Lipinski definition) is 2. The number of aliphatic hydroxyl groups excluding tert-OH is 1. The van der Waals surface area contributed by atoms with Gasteiger partial charge in [0.25, 0.3) is 0 Å². The Morgan fingerprint density at radius 3 is 2.90 bits per heavy atom. The van der Waals surface area contributed by atoms with Crippen LogP contribution in [-0.2, 0) is 0 Å². The molecule has 60 valence electrons. The third-order valence-corrected chi connectivity index (χ3v) is 1.78. The highest BCUT2D eigenvalue weighted by Crippen LogP contribution is 1.98. The van der Waals surface area contributed by atoms with E-state index in [1.165, 1.54) is 13.0 Å². The zero-order chi connectivity index (χ0) is 7.23. The second-order valence-corrected chi connectivity index (χ2v) is 2.68. The van der Waals surface area contributed by atoms with Gasteiger partial charge in [0.05, 0.1) is 0 Å². The lowest BCUT2D eigenvalue weighted by molar-refractivity contribution is 0.228. The van der Waals surface area contributed by atoms with Crippen LogP contribution >= 0.6 is 0 Å². The van der Waals surface area contributed by atoms with Gasteiger partial charge in [0.15, 0.2) is 0 Å². The quantitative estimate of drug-likeness (QED) is 0.544. The number of rotatable bonds is 4. The van der Waals surface area contributed by atoms with Crippen LogP contribution in [0.3, 0.4) is 0 Å². The van der Waals surface area contributed by atoms with Crippen LogP contribution < -0.4 is 5.43 Å². The molecular weight excluding hydrogens is 128 g/mol. The SMILES string of the molecule is OCCCCN1CCCN1. The van der Waals surface area contributed by atoms with Gasteiger partial charge in [0.1, 0.15) is 0 Å². The van der Waals surface area contributed by atoms with Gasteiger partial charge in [-0.1, -0.05) is 0 Å². The molecule has 0 aromatic carbocycles. The summed E-state index contributed by atoms with van der Waals surface area (Å²) in [4.78, 5) is 0. The molecule has 0 atom stereocenters. The minimum Gasteiger partial charge on any atom is -0.396 e. The number of nitrogens with zero attached hydrogens (tertiary/aromatic N) is 1. The second-order valence-electron chi connectivity index (χ2n) is 2.68. The number of aliphatic hydroxyl groups is 1. The molecule has 1 heterocycles. The molecule has 0 aliphatic carbocycles. The molecule has 0 aromatic rings. The molecule has 1 aliphatic heterocycles. The van der Waals surface area contributed by atoms with Crippen molar-refractivity contribution in [2.75, 3.05) is 26.2 Å². The van der Waals surface area contributed by atoms with Crippen LogP contribution in [0.15, 0.2) is 0 Å². The van der Waals surface area contributed by atoms with Crippen molar-refractivity contribution in [3.63, 3.8) is 0 Å². The van der Waals surface area contributed by atoms with Gasteiger partial charge in [-0.15, -0.1) is 0 Å². The summed E-state index contributed by atoms with van der Waals surface area (Å²) >= 11 is 0. The fraction of sp³-hybridized carbons (Fsp3) is 1.00. The molecule has 0 radical (unpaired) electrons. The van der Waals surface area contributed by atoms with Crippen LogP contribution in [0.1, 0.15) is 19.3 Å². The molecule has 3 nitrogen and oxygen atoms in total. The van der Waals surface area contributed by atoms with Gasteiger partial charge < -0.3 is 5.11 Å². The van der Waals surface area contributed by atoms with Crippen molar-refractivity contribution in [3.8, 4) is 0 Å².